The van der Waals surface area contributed by atoms with E-state index in [0.717, 1.165) is 5.56 Å². The normalized spacial score (nSPS) is 10.5. The zero-order valence-corrected chi connectivity index (χ0v) is 20.4. The van der Waals surface area contributed by atoms with E-state index < -0.39 is 5.91 Å². The fourth-order valence-electron chi connectivity index (χ4n) is 3.06. The van der Waals surface area contributed by atoms with Crippen molar-refractivity contribution in [3.8, 4) is 23.0 Å². The number of methoxy groups -OCH3 is 1. The highest BCUT2D eigenvalue weighted by molar-refractivity contribution is 5.92. The molecule has 0 atom stereocenters. The lowest BCUT2D eigenvalue weighted by Gasteiger charge is -2.13. The number of hydrazone groups is 1. The second kappa shape index (κ2) is 13.4. The second-order valence-electron chi connectivity index (χ2n) is 7.57. The van der Waals surface area contributed by atoms with E-state index in [0.29, 0.717) is 40.9 Å². The highest BCUT2D eigenvalue weighted by Crippen LogP contribution is 2.28. The first kappa shape index (κ1) is 26.1. The predicted molar refractivity (Wildman–Crippen MR) is 137 cm³/mol. The Kier molecular flexibility index (Phi) is 9.69. The van der Waals surface area contributed by atoms with Gasteiger partial charge in [0.1, 0.15) is 0 Å². The molecule has 0 radical (unpaired) electrons. The van der Waals surface area contributed by atoms with Gasteiger partial charge in [0.2, 0.25) is 0 Å². The van der Waals surface area contributed by atoms with Gasteiger partial charge in [0.25, 0.3) is 11.8 Å². The zero-order valence-electron chi connectivity index (χ0n) is 20.4. The van der Waals surface area contributed by atoms with Crippen LogP contribution in [0.15, 0.2) is 71.8 Å². The molecule has 36 heavy (non-hydrogen) atoms. The fourth-order valence-corrected chi connectivity index (χ4v) is 3.06. The first-order valence-electron chi connectivity index (χ1n) is 11.3. The molecule has 0 aromatic heterocycles. The third-order valence-corrected chi connectivity index (χ3v) is 4.79. The summed E-state index contributed by atoms with van der Waals surface area (Å²) >= 11 is 0. The van der Waals surface area contributed by atoms with E-state index >= 15 is 0 Å². The van der Waals surface area contributed by atoms with E-state index in [1.165, 1.54) is 13.3 Å². The lowest BCUT2D eigenvalue weighted by atomic mass is 10.2. The molecule has 3 aromatic carbocycles. The maximum absolute atomic E-state index is 12.2. The molecular weight excluding hydrogens is 462 g/mol. The number of benzene rings is 3. The number of aryl methyl sites for hydroxylation is 1. The van der Waals surface area contributed by atoms with Crippen LogP contribution in [0.3, 0.4) is 0 Å². The molecule has 0 fully saturated rings. The Morgan fingerprint density at radius 2 is 1.50 bits per heavy atom. The number of ether oxygens (including phenoxy) is 4. The van der Waals surface area contributed by atoms with E-state index in [2.05, 4.69) is 15.8 Å². The summed E-state index contributed by atoms with van der Waals surface area (Å²) in [4.78, 5) is 24.3. The lowest BCUT2D eigenvalue weighted by molar-refractivity contribution is -0.123. The van der Waals surface area contributed by atoms with Gasteiger partial charge in [-0.1, -0.05) is 29.8 Å². The molecule has 0 bridgehead atoms. The number of nitrogens with one attached hydrogen (secondary N) is 2. The van der Waals surface area contributed by atoms with Crippen LogP contribution in [0.2, 0.25) is 0 Å². The Labute approximate surface area is 210 Å². The first-order valence-corrected chi connectivity index (χ1v) is 11.3. The summed E-state index contributed by atoms with van der Waals surface area (Å²) in [6.45, 7) is 3.83. The van der Waals surface area contributed by atoms with Gasteiger partial charge in [-0.05, 0) is 61.9 Å². The number of carbonyl (C=O) groups is 2. The molecule has 2 amide bonds. The fraction of sp³-hybridized carbons (Fsp3) is 0.222. The van der Waals surface area contributed by atoms with E-state index in [-0.39, 0.29) is 19.1 Å². The summed E-state index contributed by atoms with van der Waals surface area (Å²) in [5.41, 5.74) is 4.88. The van der Waals surface area contributed by atoms with Crippen LogP contribution < -0.4 is 29.7 Å². The van der Waals surface area contributed by atoms with Crippen molar-refractivity contribution in [1.29, 1.82) is 0 Å². The molecule has 9 nitrogen and oxygen atoms in total. The molecule has 0 unspecified atom stereocenters. The summed E-state index contributed by atoms with van der Waals surface area (Å²) in [6.07, 6.45) is 1.47. The summed E-state index contributed by atoms with van der Waals surface area (Å²) in [6, 6.07) is 19.7. The van der Waals surface area contributed by atoms with Crippen LogP contribution >= 0.6 is 0 Å². The standard InChI is InChI=1S/C27H29N3O6/c1-4-34-25-15-20(16-28-30-27(32)18-36-23-8-6-5-7-22(23)33-3)11-14-24(25)35-17-26(31)29-21-12-9-19(2)10-13-21/h5-16H,4,17-18H2,1-3H3,(H,29,31)(H,30,32)/b28-16+. The minimum absolute atomic E-state index is 0.177. The van der Waals surface area contributed by atoms with Gasteiger partial charge < -0.3 is 24.3 Å². The molecule has 2 N–H and O–H groups in total. The Balaban J connectivity index is 1.52. The Bertz CT molecular complexity index is 1190. The van der Waals surface area contributed by atoms with Gasteiger partial charge in [-0.3, -0.25) is 9.59 Å². The van der Waals surface area contributed by atoms with Crippen LogP contribution in [0.1, 0.15) is 18.1 Å². The largest absolute Gasteiger partial charge is 0.493 e. The van der Waals surface area contributed by atoms with Crippen molar-refractivity contribution < 1.29 is 28.5 Å². The number of rotatable bonds is 12. The minimum atomic E-state index is -0.429. The first-order chi connectivity index (χ1) is 17.5. The number of amides is 2. The molecule has 0 aliphatic rings. The van der Waals surface area contributed by atoms with E-state index in [1.54, 1.807) is 36.4 Å². The van der Waals surface area contributed by atoms with Crippen LogP contribution in [0.5, 0.6) is 23.0 Å². The molecule has 0 aliphatic heterocycles. The number of hydrogen-bond donors (Lipinski definition) is 2. The molecule has 0 saturated heterocycles. The monoisotopic (exact) mass is 491 g/mol. The molecule has 188 valence electrons. The molecular formula is C27H29N3O6. The van der Waals surface area contributed by atoms with Gasteiger partial charge in [0.05, 0.1) is 19.9 Å². The number of carbonyl (C=O) groups excluding carboxylic acids is 2. The van der Waals surface area contributed by atoms with Gasteiger partial charge in [-0.25, -0.2) is 5.43 Å². The van der Waals surface area contributed by atoms with Gasteiger partial charge in [0, 0.05) is 5.69 Å². The van der Waals surface area contributed by atoms with Crippen LogP contribution in [0, 0.1) is 6.92 Å². The van der Waals surface area contributed by atoms with Gasteiger partial charge in [-0.2, -0.15) is 5.10 Å². The van der Waals surface area contributed by atoms with Gasteiger partial charge in [-0.15, -0.1) is 0 Å². The average molecular weight is 492 g/mol. The molecule has 3 rings (SSSR count). The topological polar surface area (TPSA) is 107 Å². The number of nitrogens with zero attached hydrogens (tertiary/aromatic N) is 1. The van der Waals surface area contributed by atoms with E-state index in [1.807, 2.05) is 44.2 Å². The lowest BCUT2D eigenvalue weighted by Crippen LogP contribution is -2.24. The van der Waals surface area contributed by atoms with Crippen LogP contribution in [0.4, 0.5) is 5.69 Å². The molecule has 9 heteroatoms. The quantitative estimate of drug-likeness (QED) is 0.294. The molecule has 0 heterocycles. The van der Waals surface area contributed by atoms with Crippen molar-refractivity contribution in [2.45, 2.75) is 13.8 Å². The van der Waals surface area contributed by atoms with Crippen LogP contribution in [0.25, 0.3) is 0 Å². The van der Waals surface area contributed by atoms with E-state index in [9.17, 15) is 9.59 Å². The number of anilines is 1. The number of hydrogen-bond acceptors (Lipinski definition) is 7. The van der Waals surface area contributed by atoms with Gasteiger partial charge in [0.15, 0.2) is 36.2 Å². The third-order valence-electron chi connectivity index (χ3n) is 4.79. The van der Waals surface area contributed by atoms with Crippen molar-refractivity contribution >= 4 is 23.7 Å². The molecule has 0 aliphatic carbocycles. The van der Waals surface area contributed by atoms with Gasteiger partial charge >= 0.3 is 0 Å². The van der Waals surface area contributed by atoms with Crippen LogP contribution in [-0.4, -0.2) is 45.0 Å². The Hall–Kier alpha value is -4.53. The average Bonchev–Trinajstić information content (AvgIpc) is 2.88. The van der Waals surface area contributed by atoms with Crippen molar-refractivity contribution in [1.82, 2.24) is 5.43 Å². The highest BCUT2D eigenvalue weighted by Gasteiger charge is 2.10. The Morgan fingerprint density at radius 3 is 2.19 bits per heavy atom. The molecule has 0 spiro atoms. The maximum Gasteiger partial charge on any atom is 0.277 e. The summed E-state index contributed by atoms with van der Waals surface area (Å²) < 4.78 is 22.0. The molecule has 0 saturated carbocycles. The van der Waals surface area contributed by atoms with Crippen molar-refractivity contribution in [3.63, 3.8) is 0 Å². The minimum Gasteiger partial charge on any atom is -0.493 e. The second-order valence-corrected chi connectivity index (χ2v) is 7.57. The maximum atomic E-state index is 12.2. The summed E-state index contributed by atoms with van der Waals surface area (Å²) in [7, 11) is 1.53. The predicted octanol–water partition coefficient (Wildman–Crippen LogP) is 3.95. The Morgan fingerprint density at radius 1 is 0.833 bits per heavy atom. The SMILES string of the molecule is CCOc1cc(/C=N/NC(=O)COc2ccccc2OC)ccc1OCC(=O)Nc1ccc(C)cc1. The zero-order chi connectivity index (χ0) is 25.8. The van der Waals surface area contributed by atoms with Crippen LogP contribution in [-0.2, 0) is 9.59 Å². The smallest absolute Gasteiger partial charge is 0.277 e. The van der Waals surface area contributed by atoms with E-state index in [4.69, 9.17) is 18.9 Å². The third kappa shape index (κ3) is 8.05. The summed E-state index contributed by atoms with van der Waals surface area (Å²) in [5.74, 6) is 1.15. The highest BCUT2D eigenvalue weighted by atomic mass is 16.5. The molecule has 3 aromatic rings. The van der Waals surface area contributed by atoms with Crippen molar-refractivity contribution in [2.24, 2.45) is 5.10 Å². The summed E-state index contributed by atoms with van der Waals surface area (Å²) in [5, 5.41) is 6.74. The van der Waals surface area contributed by atoms with Crippen molar-refractivity contribution in [2.75, 3.05) is 32.2 Å². The van der Waals surface area contributed by atoms with Crippen molar-refractivity contribution in [3.05, 3.63) is 77.9 Å². The number of para-hydroxylation sites is 2.